The summed E-state index contributed by atoms with van der Waals surface area (Å²) >= 11 is 0. The van der Waals surface area contributed by atoms with Crippen LogP contribution in [0.25, 0.3) is 0 Å². The maximum atomic E-state index is 11.9. The van der Waals surface area contributed by atoms with Crippen LogP contribution in [-0.2, 0) is 9.59 Å². The molecule has 1 atom stereocenters. The SMILES string of the molecule is NC(=O)C1CCN(C(=O)CNC(=O)c2ccc(N)cc2)C1. The first-order valence-corrected chi connectivity index (χ1v) is 6.68. The highest BCUT2D eigenvalue weighted by molar-refractivity contribution is 5.96. The van der Waals surface area contributed by atoms with Gasteiger partial charge in [-0.05, 0) is 30.7 Å². The molecule has 0 aliphatic carbocycles. The van der Waals surface area contributed by atoms with Crippen molar-refractivity contribution in [2.24, 2.45) is 11.7 Å². The third kappa shape index (κ3) is 3.71. The molecule has 7 heteroatoms. The molecular formula is C14H18N4O3. The summed E-state index contributed by atoms with van der Waals surface area (Å²) in [5.74, 6) is -1.24. The monoisotopic (exact) mass is 290 g/mol. The van der Waals surface area contributed by atoms with Crippen LogP contribution >= 0.6 is 0 Å². The Morgan fingerprint density at radius 1 is 1.24 bits per heavy atom. The van der Waals surface area contributed by atoms with Gasteiger partial charge in [-0.3, -0.25) is 14.4 Å². The second-order valence-corrected chi connectivity index (χ2v) is 5.03. The molecule has 2 rings (SSSR count). The van der Waals surface area contributed by atoms with E-state index < -0.39 is 5.91 Å². The first-order chi connectivity index (χ1) is 9.97. The van der Waals surface area contributed by atoms with Gasteiger partial charge in [-0.1, -0.05) is 0 Å². The first-order valence-electron chi connectivity index (χ1n) is 6.68. The smallest absolute Gasteiger partial charge is 0.251 e. The Bertz CT molecular complexity index is 556. The van der Waals surface area contributed by atoms with Crippen molar-refractivity contribution < 1.29 is 14.4 Å². The Morgan fingerprint density at radius 3 is 2.48 bits per heavy atom. The summed E-state index contributed by atoms with van der Waals surface area (Å²) in [5, 5.41) is 2.55. The second kappa shape index (κ2) is 6.25. The molecule has 3 amide bonds. The van der Waals surface area contributed by atoms with Gasteiger partial charge in [0.15, 0.2) is 0 Å². The van der Waals surface area contributed by atoms with Crippen molar-refractivity contribution in [1.29, 1.82) is 0 Å². The van der Waals surface area contributed by atoms with Gasteiger partial charge in [0.1, 0.15) is 0 Å². The van der Waals surface area contributed by atoms with Gasteiger partial charge in [-0.25, -0.2) is 0 Å². The van der Waals surface area contributed by atoms with Gasteiger partial charge in [0, 0.05) is 24.3 Å². The topological polar surface area (TPSA) is 119 Å². The largest absolute Gasteiger partial charge is 0.399 e. The van der Waals surface area contributed by atoms with E-state index in [4.69, 9.17) is 11.5 Å². The average molecular weight is 290 g/mol. The maximum Gasteiger partial charge on any atom is 0.251 e. The molecule has 1 aromatic rings. The fourth-order valence-electron chi connectivity index (χ4n) is 2.22. The van der Waals surface area contributed by atoms with Crippen molar-refractivity contribution in [2.75, 3.05) is 25.4 Å². The molecule has 0 aromatic heterocycles. The predicted octanol–water partition coefficient (Wildman–Crippen LogP) is -0.668. The van der Waals surface area contributed by atoms with Crippen LogP contribution < -0.4 is 16.8 Å². The molecule has 1 saturated heterocycles. The van der Waals surface area contributed by atoms with Crippen molar-refractivity contribution in [3.05, 3.63) is 29.8 Å². The summed E-state index contributed by atoms with van der Waals surface area (Å²) in [6.07, 6.45) is 0.576. The summed E-state index contributed by atoms with van der Waals surface area (Å²) in [7, 11) is 0. The highest BCUT2D eigenvalue weighted by atomic mass is 16.2. The number of carbonyl (C=O) groups excluding carboxylic acids is 3. The fourth-order valence-corrected chi connectivity index (χ4v) is 2.22. The fraction of sp³-hybridized carbons (Fsp3) is 0.357. The van der Waals surface area contributed by atoms with E-state index in [-0.39, 0.29) is 24.3 Å². The van der Waals surface area contributed by atoms with Crippen molar-refractivity contribution in [3.63, 3.8) is 0 Å². The summed E-state index contributed by atoms with van der Waals surface area (Å²) in [6.45, 7) is 0.713. The third-order valence-electron chi connectivity index (χ3n) is 3.52. The van der Waals surface area contributed by atoms with Crippen LogP contribution in [0.15, 0.2) is 24.3 Å². The molecular weight excluding hydrogens is 272 g/mol. The molecule has 5 N–H and O–H groups in total. The molecule has 7 nitrogen and oxygen atoms in total. The van der Waals surface area contributed by atoms with E-state index in [9.17, 15) is 14.4 Å². The molecule has 1 aromatic carbocycles. The zero-order chi connectivity index (χ0) is 15.4. The Morgan fingerprint density at radius 2 is 1.90 bits per heavy atom. The van der Waals surface area contributed by atoms with Gasteiger partial charge in [-0.15, -0.1) is 0 Å². The van der Waals surface area contributed by atoms with E-state index in [1.54, 1.807) is 29.2 Å². The molecule has 1 aliphatic rings. The summed E-state index contributed by atoms with van der Waals surface area (Å²) in [5.41, 5.74) is 11.8. The number of hydrogen-bond donors (Lipinski definition) is 3. The van der Waals surface area contributed by atoms with Crippen molar-refractivity contribution in [2.45, 2.75) is 6.42 Å². The lowest BCUT2D eigenvalue weighted by Crippen LogP contribution is -2.39. The van der Waals surface area contributed by atoms with E-state index in [2.05, 4.69) is 5.32 Å². The standard InChI is InChI=1S/C14H18N4O3/c15-11-3-1-9(2-4-11)14(21)17-7-12(19)18-6-5-10(8-18)13(16)20/h1-4,10H,5-8,15H2,(H2,16,20)(H,17,21). The van der Waals surface area contributed by atoms with Crippen LogP contribution in [0.3, 0.4) is 0 Å². The quantitative estimate of drug-likeness (QED) is 0.637. The predicted molar refractivity (Wildman–Crippen MR) is 77.1 cm³/mol. The van der Waals surface area contributed by atoms with Gasteiger partial charge >= 0.3 is 0 Å². The van der Waals surface area contributed by atoms with Crippen molar-refractivity contribution >= 4 is 23.4 Å². The molecule has 1 heterocycles. The Labute approximate surface area is 122 Å². The van der Waals surface area contributed by atoms with E-state index in [0.717, 1.165) is 0 Å². The van der Waals surface area contributed by atoms with Crippen LogP contribution in [0.5, 0.6) is 0 Å². The highest BCUT2D eigenvalue weighted by Gasteiger charge is 2.29. The number of rotatable bonds is 4. The number of likely N-dealkylation sites (tertiary alicyclic amines) is 1. The molecule has 1 aliphatic heterocycles. The van der Waals surface area contributed by atoms with Gasteiger partial charge in [0.05, 0.1) is 12.5 Å². The lowest BCUT2D eigenvalue weighted by Gasteiger charge is -2.16. The van der Waals surface area contributed by atoms with Crippen molar-refractivity contribution in [3.8, 4) is 0 Å². The number of benzene rings is 1. The van der Waals surface area contributed by atoms with Crippen LogP contribution in [-0.4, -0.2) is 42.3 Å². The van der Waals surface area contributed by atoms with Crippen LogP contribution in [0.2, 0.25) is 0 Å². The third-order valence-corrected chi connectivity index (χ3v) is 3.52. The molecule has 1 unspecified atom stereocenters. The number of primary amides is 1. The lowest BCUT2D eigenvalue weighted by molar-refractivity contribution is -0.129. The molecule has 0 saturated carbocycles. The number of nitrogen functional groups attached to an aromatic ring is 1. The number of hydrogen-bond acceptors (Lipinski definition) is 4. The maximum absolute atomic E-state index is 11.9. The summed E-state index contributed by atoms with van der Waals surface area (Å²) < 4.78 is 0. The minimum atomic E-state index is -0.392. The minimum Gasteiger partial charge on any atom is -0.399 e. The molecule has 1 fully saturated rings. The zero-order valence-corrected chi connectivity index (χ0v) is 11.5. The van der Waals surface area contributed by atoms with Crippen molar-refractivity contribution in [1.82, 2.24) is 10.2 Å². The summed E-state index contributed by atoms with van der Waals surface area (Å²) in [6, 6.07) is 6.42. The van der Waals surface area contributed by atoms with E-state index in [1.807, 2.05) is 0 Å². The van der Waals surface area contributed by atoms with Crippen LogP contribution in [0.4, 0.5) is 5.69 Å². The van der Waals surface area contributed by atoms with E-state index in [1.165, 1.54) is 0 Å². The number of nitrogens with one attached hydrogen (secondary N) is 1. The zero-order valence-electron chi connectivity index (χ0n) is 11.5. The average Bonchev–Trinajstić information content (AvgIpc) is 2.95. The molecule has 112 valence electrons. The van der Waals surface area contributed by atoms with Crippen LogP contribution in [0.1, 0.15) is 16.8 Å². The van der Waals surface area contributed by atoms with Gasteiger partial charge in [-0.2, -0.15) is 0 Å². The minimum absolute atomic E-state index is 0.102. The van der Waals surface area contributed by atoms with E-state index in [0.29, 0.717) is 30.8 Å². The lowest BCUT2D eigenvalue weighted by atomic mass is 10.1. The highest BCUT2D eigenvalue weighted by Crippen LogP contribution is 2.15. The number of nitrogens with two attached hydrogens (primary N) is 2. The Kier molecular flexibility index (Phi) is 4.42. The number of carbonyl (C=O) groups is 3. The molecule has 0 spiro atoms. The van der Waals surface area contributed by atoms with E-state index >= 15 is 0 Å². The number of anilines is 1. The molecule has 21 heavy (non-hydrogen) atoms. The Hall–Kier alpha value is -2.57. The second-order valence-electron chi connectivity index (χ2n) is 5.03. The number of nitrogens with zero attached hydrogens (tertiary/aromatic N) is 1. The number of amides is 3. The van der Waals surface area contributed by atoms with Gasteiger partial charge < -0.3 is 21.7 Å². The Balaban J connectivity index is 1.83. The normalized spacial score (nSPS) is 17.5. The van der Waals surface area contributed by atoms with Crippen LogP contribution in [0, 0.1) is 5.92 Å². The summed E-state index contributed by atoms with van der Waals surface area (Å²) in [4.78, 5) is 36.4. The van der Waals surface area contributed by atoms with Gasteiger partial charge in [0.25, 0.3) is 5.91 Å². The van der Waals surface area contributed by atoms with Gasteiger partial charge in [0.2, 0.25) is 11.8 Å². The molecule has 0 bridgehead atoms. The first kappa shape index (κ1) is 14.8. The molecule has 0 radical (unpaired) electrons.